The molecule has 0 aliphatic rings. The molecule has 27 heavy (non-hydrogen) atoms. The van der Waals surface area contributed by atoms with E-state index in [1.165, 1.54) is 12.1 Å². The lowest BCUT2D eigenvalue weighted by atomic mass is 10.1. The second-order valence-corrected chi connectivity index (χ2v) is 6.47. The molecule has 0 aliphatic heterocycles. The number of alkyl halides is 3. The average Bonchev–Trinajstić information content (AvgIpc) is 2.61. The Hall–Kier alpha value is -2.54. The van der Waals surface area contributed by atoms with Crippen molar-refractivity contribution in [2.45, 2.75) is 19.3 Å². The molecule has 0 fully saturated rings. The smallest absolute Gasteiger partial charge is 0.416 e. The normalized spacial score (nSPS) is 11.5. The monoisotopic (exact) mass is 380 g/mol. The number of hydrogen-bond acceptors (Lipinski definition) is 3. The van der Waals surface area contributed by atoms with Crippen molar-refractivity contribution in [1.82, 2.24) is 9.80 Å². The fourth-order valence-corrected chi connectivity index (χ4v) is 2.65. The van der Waals surface area contributed by atoms with Crippen molar-refractivity contribution in [3.05, 3.63) is 65.2 Å². The fourth-order valence-electron chi connectivity index (χ4n) is 2.65. The molecule has 2 rings (SSSR count). The molecule has 0 heterocycles. The van der Waals surface area contributed by atoms with E-state index in [0.29, 0.717) is 18.7 Å². The third kappa shape index (κ3) is 6.29. The zero-order chi connectivity index (χ0) is 20.0. The van der Waals surface area contributed by atoms with Crippen LogP contribution in [0.1, 0.15) is 16.7 Å². The highest BCUT2D eigenvalue weighted by Gasteiger charge is 2.29. The molecule has 0 N–H and O–H groups in total. The van der Waals surface area contributed by atoms with Gasteiger partial charge in [0.1, 0.15) is 5.75 Å². The molecule has 0 aliphatic carbocycles. The Morgan fingerprint density at radius 3 is 2.26 bits per heavy atom. The van der Waals surface area contributed by atoms with Crippen LogP contribution in [0.25, 0.3) is 0 Å². The van der Waals surface area contributed by atoms with Crippen molar-refractivity contribution in [3.63, 3.8) is 0 Å². The van der Waals surface area contributed by atoms with Crippen molar-refractivity contribution in [1.29, 1.82) is 0 Å². The Kier molecular flexibility index (Phi) is 6.85. The van der Waals surface area contributed by atoms with Crippen molar-refractivity contribution < 1.29 is 22.7 Å². The predicted octanol–water partition coefficient (Wildman–Crippen LogP) is 3.80. The van der Waals surface area contributed by atoms with Crippen LogP contribution in [-0.4, -0.2) is 43.5 Å². The van der Waals surface area contributed by atoms with Crippen LogP contribution in [0.2, 0.25) is 0 Å². The number of likely N-dealkylation sites (N-methyl/N-ethyl adjacent to an activating group) is 2. The zero-order valence-electron chi connectivity index (χ0n) is 15.6. The van der Waals surface area contributed by atoms with E-state index in [9.17, 15) is 18.0 Å². The minimum Gasteiger partial charge on any atom is -0.497 e. The summed E-state index contributed by atoms with van der Waals surface area (Å²) >= 11 is 0. The largest absolute Gasteiger partial charge is 0.497 e. The van der Waals surface area contributed by atoms with Crippen molar-refractivity contribution in [2.24, 2.45) is 0 Å². The molecule has 0 radical (unpaired) electrons. The van der Waals surface area contributed by atoms with Crippen LogP contribution in [0, 0.1) is 0 Å². The highest BCUT2D eigenvalue weighted by molar-refractivity contribution is 5.78. The van der Waals surface area contributed by atoms with Gasteiger partial charge in [-0.15, -0.1) is 0 Å². The average molecular weight is 380 g/mol. The Morgan fingerprint density at radius 1 is 1.00 bits per heavy atom. The molecule has 0 spiro atoms. The maximum Gasteiger partial charge on any atom is 0.416 e. The topological polar surface area (TPSA) is 32.8 Å². The maximum atomic E-state index is 12.6. The number of benzene rings is 2. The zero-order valence-corrected chi connectivity index (χ0v) is 15.6. The molecule has 0 saturated heterocycles. The first kappa shape index (κ1) is 20.8. The second-order valence-electron chi connectivity index (χ2n) is 6.47. The molecule has 1 amide bonds. The van der Waals surface area contributed by atoms with Crippen molar-refractivity contribution in [3.8, 4) is 5.75 Å². The Bertz CT molecular complexity index is 761. The number of halogens is 3. The van der Waals surface area contributed by atoms with Crippen LogP contribution in [-0.2, 0) is 24.1 Å². The van der Waals surface area contributed by atoms with E-state index in [-0.39, 0.29) is 12.5 Å². The van der Waals surface area contributed by atoms with Crippen LogP contribution in [0.5, 0.6) is 5.75 Å². The quantitative estimate of drug-likeness (QED) is 0.732. The third-order valence-electron chi connectivity index (χ3n) is 4.12. The summed E-state index contributed by atoms with van der Waals surface area (Å²) in [4.78, 5) is 15.8. The van der Waals surface area contributed by atoms with Gasteiger partial charge in [-0.1, -0.05) is 24.3 Å². The molecule has 0 atom stereocenters. The van der Waals surface area contributed by atoms with Gasteiger partial charge in [-0.05, 0) is 42.4 Å². The molecular weight excluding hydrogens is 357 g/mol. The van der Waals surface area contributed by atoms with Crippen LogP contribution in [0.15, 0.2) is 48.5 Å². The number of carbonyl (C=O) groups excluding carboxylic acids is 1. The van der Waals surface area contributed by atoms with Crippen molar-refractivity contribution in [2.75, 3.05) is 27.7 Å². The highest BCUT2D eigenvalue weighted by atomic mass is 19.4. The number of hydrogen-bond donors (Lipinski definition) is 0. The molecule has 146 valence electrons. The molecule has 0 aromatic heterocycles. The first-order chi connectivity index (χ1) is 12.7. The van der Waals surface area contributed by atoms with Gasteiger partial charge in [0.2, 0.25) is 5.91 Å². The van der Waals surface area contributed by atoms with E-state index in [2.05, 4.69) is 0 Å². The summed E-state index contributed by atoms with van der Waals surface area (Å²) in [7, 11) is 5.06. The van der Waals surface area contributed by atoms with E-state index in [1.807, 2.05) is 24.3 Å². The van der Waals surface area contributed by atoms with Crippen LogP contribution >= 0.6 is 0 Å². The van der Waals surface area contributed by atoms with Gasteiger partial charge in [-0.25, -0.2) is 0 Å². The number of methoxy groups -OCH3 is 1. The summed E-state index contributed by atoms with van der Waals surface area (Å²) in [5.41, 5.74) is 0.993. The Morgan fingerprint density at radius 2 is 1.67 bits per heavy atom. The Balaban J connectivity index is 1.88. The van der Waals surface area contributed by atoms with Gasteiger partial charge < -0.3 is 9.64 Å². The minimum atomic E-state index is -4.34. The molecule has 4 nitrogen and oxygen atoms in total. The van der Waals surface area contributed by atoms with Gasteiger partial charge in [-0.3, -0.25) is 9.69 Å². The van der Waals surface area contributed by atoms with Gasteiger partial charge in [-0.2, -0.15) is 13.2 Å². The summed E-state index contributed by atoms with van der Waals surface area (Å²) in [5, 5.41) is 0. The minimum absolute atomic E-state index is 0.0766. The molecule has 7 heteroatoms. The number of nitrogens with zero attached hydrogens (tertiary/aromatic N) is 2. The first-order valence-corrected chi connectivity index (χ1v) is 8.40. The van der Waals surface area contributed by atoms with Gasteiger partial charge in [0.25, 0.3) is 0 Å². The van der Waals surface area contributed by atoms with Gasteiger partial charge >= 0.3 is 6.18 Å². The summed E-state index contributed by atoms with van der Waals surface area (Å²) < 4.78 is 43.0. The van der Waals surface area contributed by atoms with E-state index >= 15 is 0 Å². The van der Waals surface area contributed by atoms with E-state index in [4.69, 9.17) is 4.74 Å². The van der Waals surface area contributed by atoms with E-state index < -0.39 is 11.7 Å². The first-order valence-electron chi connectivity index (χ1n) is 8.40. The molecule has 0 unspecified atom stereocenters. The lowest BCUT2D eigenvalue weighted by molar-refractivity contribution is -0.137. The fraction of sp³-hybridized carbons (Fsp3) is 0.350. The number of amides is 1. The van der Waals surface area contributed by atoms with Crippen LogP contribution in [0.4, 0.5) is 13.2 Å². The lowest BCUT2D eigenvalue weighted by Gasteiger charge is -2.22. The van der Waals surface area contributed by atoms with Crippen LogP contribution in [0.3, 0.4) is 0 Å². The number of carbonyl (C=O) groups is 1. The van der Waals surface area contributed by atoms with Gasteiger partial charge in [0.05, 0.1) is 19.2 Å². The number of ether oxygens (including phenoxy) is 1. The summed E-state index contributed by atoms with van der Waals surface area (Å²) in [5.74, 6) is 0.653. The molecule has 2 aromatic rings. The highest BCUT2D eigenvalue weighted by Crippen LogP contribution is 2.29. The SMILES string of the molecule is COc1cccc(CN(C)C(=O)CN(C)Cc2ccc(C(F)(F)F)cc2)c1. The predicted molar refractivity (Wildman–Crippen MR) is 97.2 cm³/mol. The maximum absolute atomic E-state index is 12.6. The lowest BCUT2D eigenvalue weighted by Crippen LogP contribution is -2.36. The van der Waals surface area contributed by atoms with Gasteiger partial charge in [0.15, 0.2) is 0 Å². The molecule has 0 bridgehead atoms. The Labute approximate surface area is 157 Å². The van der Waals surface area contributed by atoms with Gasteiger partial charge in [0, 0.05) is 20.1 Å². The van der Waals surface area contributed by atoms with Crippen LogP contribution < -0.4 is 4.74 Å². The summed E-state index contributed by atoms with van der Waals surface area (Å²) in [6.07, 6.45) is -4.34. The molecule has 0 saturated carbocycles. The number of rotatable bonds is 7. The van der Waals surface area contributed by atoms with Crippen molar-refractivity contribution >= 4 is 5.91 Å². The van der Waals surface area contributed by atoms with E-state index in [1.54, 1.807) is 31.0 Å². The summed E-state index contributed by atoms with van der Waals surface area (Å²) in [6.45, 7) is 1.00. The molecule has 2 aromatic carbocycles. The van der Waals surface area contributed by atoms with E-state index in [0.717, 1.165) is 23.4 Å². The summed E-state index contributed by atoms with van der Waals surface area (Å²) in [6, 6.07) is 12.5. The third-order valence-corrected chi connectivity index (χ3v) is 4.12. The standard InChI is InChI=1S/C20H23F3N2O2/c1-24(12-15-7-9-17(10-8-15)20(21,22)23)14-19(26)25(2)13-16-5-4-6-18(11-16)27-3/h4-11H,12-14H2,1-3H3. The molecular formula is C20H23F3N2O2. The second kappa shape index (κ2) is 8.90.